The van der Waals surface area contributed by atoms with E-state index >= 15 is 0 Å². The van der Waals surface area contributed by atoms with Crippen molar-refractivity contribution in [2.45, 2.75) is 32.6 Å². The second-order valence-electron chi connectivity index (χ2n) is 4.64. The monoisotopic (exact) mass is 264 g/mol. The maximum Gasteiger partial charge on any atom is 0.304 e. The molecule has 0 heterocycles. The number of nitrogens with zero attached hydrogens (tertiary/aromatic N) is 1. The van der Waals surface area contributed by atoms with Crippen LogP contribution in [0, 0.1) is 5.41 Å². The van der Waals surface area contributed by atoms with Crippen LogP contribution < -0.4 is 4.72 Å². The minimum absolute atomic E-state index is 0.0101. The molecular weight excluding hydrogens is 244 g/mol. The highest BCUT2D eigenvalue weighted by atomic mass is 32.2. The van der Waals surface area contributed by atoms with Gasteiger partial charge in [-0.15, -0.1) is 0 Å². The van der Waals surface area contributed by atoms with Gasteiger partial charge >= 0.3 is 5.97 Å². The van der Waals surface area contributed by atoms with Gasteiger partial charge in [0.2, 0.25) is 0 Å². The van der Waals surface area contributed by atoms with Crippen LogP contribution in [0.15, 0.2) is 0 Å². The molecule has 1 rings (SSSR count). The third kappa shape index (κ3) is 4.25. The van der Waals surface area contributed by atoms with E-state index in [1.807, 2.05) is 0 Å². The van der Waals surface area contributed by atoms with E-state index in [1.165, 1.54) is 7.05 Å². The molecule has 0 aliphatic heterocycles. The summed E-state index contributed by atoms with van der Waals surface area (Å²) in [5.41, 5.74) is 0.140. The van der Waals surface area contributed by atoms with Gasteiger partial charge in [-0.25, -0.2) is 4.72 Å². The highest BCUT2D eigenvalue weighted by molar-refractivity contribution is 7.87. The molecule has 0 aromatic carbocycles. The first-order valence-electron chi connectivity index (χ1n) is 5.74. The highest BCUT2D eigenvalue weighted by Gasteiger charge is 2.41. The van der Waals surface area contributed by atoms with Crippen LogP contribution in [-0.2, 0) is 15.0 Å². The molecule has 0 radical (unpaired) electrons. The van der Waals surface area contributed by atoms with Gasteiger partial charge < -0.3 is 5.11 Å². The smallest absolute Gasteiger partial charge is 0.304 e. The zero-order chi connectivity index (χ0) is 13.1. The number of carbonyl (C=O) groups is 1. The molecule has 7 heteroatoms. The number of carboxylic acids is 1. The zero-order valence-electron chi connectivity index (χ0n) is 10.3. The SMILES string of the molecule is CCC1(CNS(=O)(=O)N(C)CCC(=O)O)CC1. The zero-order valence-corrected chi connectivity index (χ0v) is 11.1. The van der Waals surface area contributed by atoms with Crippen molar-refractivity contribution < 1.29 is 18.3 Å². The predicted octanol–water partition coefficient (Wildman–Crippen LogP) is 0.417. The van der Waals surface area contributed by atoms with E-state index in [2.05, 4.69) is 11.6 Å². The molecule has 0 saturated heterocycles. The topological polar surface area (TPSA) is 86.7 Å². The summed E-state index contributed by atoms with van der Waals surface area (Å²) in [6.45, 7) is 2.49. The normalized spacial score (nSPS) is 18.3. The number of hydrogen-bond donors (Lipinski definition) is 2. The van der Waals surface area contributed by atoms with E-state index in [0.29, 0.717) is 6.54 Å². The van der Waals surface area contributed by atoms with Gasteiger partial charge in [0.05, 0.1) is 6.42 Å². The number of hydrogen-bond acceptors (Lipinski definition) is 3. The Morgan fingerprint density at radius 2 is 2.06 bits per heavy atom. The molecular formula is C10H20N2O4S. The Bertz CT molecular complexity index is 376. The predicted molar refractivity (Wildman–Crippen MR) is 63.8 cm³/mol. The summed E-state index contributed by atoms with van der Waals surface area (Å²) in [5.74, 6) is -1.00. The first kappa shape index (κ1) is 14.4. The number of carboxylic acid groups (broad SMARTS) is 1. The molecule has 2 N–H and O–H groups in total. The standard InChI is InChI=1S/C10H20N2O4S/c1-3-10(5-6-10)8-11-17(15,16)12(2)7-4-9(13)14/h11H,3-8H2,1-2H3,(H,13,14). The first-order chi connectivity index (χ1) is 7.81. The maximum absolute atomic E-state index is 11.8. The van der Waals surface area contributed by atoms with Gasteiger partial charge in [-0.3, -0.25) is 4.79 Å². The van der Waals surface area contributed by atoms with E-state index in [1.54, 1.807) is 0 Å². The molecule has 0 atom stereocenters. The van der Waals surface area contributed by atoms with Crippen molar-refractivity contribution in [2.24, 2.45) is 5.41 Å². The Balaban J connectivity index is 2.42. The van der Waals surface area contributed by atoms with Crippen molar-refractivity contribution in [3.63, 3.8) is 0 Å². The fourth-order valence-corrected chi connectivity index (χ4v) is 2.60. The molecule has 0 unspecified atom stereocenters. The van der Waals surface area contributed by atoms with E-state index < -0.39 is 16.2 Å². The van der Waals surface area contributed by atoms with E-state index in [-0.39, 0.29) is 18.4 Å². The molecule has 0 aromatic heterocycles. The second-order valence-corrected chi connectivity index (χ2v) is 6.51. The van der Waals surface area contributed by atoms with Gasteiger partial charge in [0, 0.05) is 20.1 Å². The molecule has 0 aromatic rings. The average Bonchev–Trinajstić information content (AvgIpc) is 3.04. The summed E-state index contributed by atoms with van der Waals surface area (Å²) in [6, 6.07) is 0. The van der Waals surface area contributed by atoms with Crippen molar-refractivity contribution in [1.82, 2.24) is 9.03 Å². The lowest BCUT2D eigenvalue weighted by Gasteiger charge is -2.19. The van der Waals surface area contributed by atoms with Gasteiger partial charge in [-0.2, -0.15) is 12.7 Å². The maximum atomic E-state index is 11.8. The van der Waals surface area contributed by atoms with Crippen LogP contribution in [0.25, 0.3) is 0 Å². The number of aliphatic carboxylic acids is 1. The second kappa shape index (κ2) is 5.32. The van der Waals surface area contributed by atoms with Gasteiger partial charge in [-0.1, -0.05) is 6.92 Å². The summed E-state index contributed by atoms with van der Waals surface area (Å²) >= 11 is 0. The molecule has 0 spiro atoms. The van der Waals surface area contributed by atoms with Gasteiger partial charge in [0.1, 0.15) is 0 Å². The van der Waals surface area contributed by atoms with Crippen molar-refractivity contribution in [1.29, 1.82) is 0 Å². The molecule has 0 bridgehead atoms. The minimum Gasteiger partial charge on any atom is -0.481 e. The van der Waals surface area contributed by atoms with Gasteiger partial charge in [0.15, 0.2) is 0 Å². The summed E-state index contributed by atoms with van der Waals surface area (Å²) in [6.07, 6.45) is 2.90. The Kier molecular flexibility index (Phi) is 4.51. The lowest BCUT2D eigenvalue weighted by Crippen LogP contribution is -2.41. The first-order valence-corrected chi connectivity index (χ1v) is 7.18. The number of rotatable bonds is 8. The van der Waals surface area contributed by atoms with Crippen molar-refractivity contribution >= 4 is 16.2 Å². The molecule has 17 heavy (non-hydrogen) atoms. The quantitative estimate of drug-likeness (QED) is 0.665. The van der Waals surface area contributed by atoms with Crippen LogP contribution >= 0.6 is 0 Å². The highest BCUT2D eigenvalue weighted by Crippen LogP contribution is 2.47. The fourth-order valence-electron chi connectivity index (χ4n) is 1.56. The minimum atomic E-state index is -3.54. The summed E-state index contributed by atoms with van der Waals surface area (Å²) < 4.78 is 27.1. The fraction of sp³-hybridized carbons (Fsp3) is 0.900. The van der Waals surface area contributed by atoms with Crippen LogP contribution in [0.2, 0.25) is 0 Å². The van der Waals surface area contributed by atoms with Crippen molar-refractivity contribution in [3.8, 4) is 0 Å². The van der Waals surface area contributed by atoms with Crippen molar-refractivity contribution in [3.05, 3.63) is 0 Å². The molecule has 1 aliphatic carbocycles. The molecule has 100 valence electrons. The van der Waals surface area contributed by atoms with Crippen molar-refractivity contribution in [2.75, 3.05) is 20.1 Å². The summed E-state index contributed by atoms with van der Waals surface area (Å²) in [5, 5.41) is 8.49. The van der Waals surface area contributed by atoms with E-state index in [9.17, 15) is 13.2 Å². The van der Waals surface area contributed by atoms with Crippen LogP contribution in [0.1, 0.15) is 32.6 Å². The molecule has 0 amide bonds. The summed E-state index contributed by atoms with van der Waals surface area (Å²) in [4.78, 5) is 10.4. The number of nitrogens with one attached hydrogen (secondary N) is 1. The lowest BCUT2D eigenvalue weighted by molar-refractivity contribution is -0.137. The van der Waals surface area contributed by atoms with Crippen LogP contribution in [0.3, 0.4) is 0 Å². The molecule has 1 saturated carbocycles. The van der Waals surface area contributed by atoms with Gasteiger partial charge in [-0.05, 0) is 24.7 Å². The molecule has 1 fully saturated rings. The van der Waals surface area contributed by atoms with Crippen LogP contribution in [0.4, 0.5) is 0 Å². The Morgan fingerprint density at radius 3 is 2.47 bits per heavy atom. The third-order valence-corrected chi connectivity index (χ3v) is 4.90. The van der Waals surface area contributed by atoms with Crippen LogP contribution in [0.5, 0.6) is 0 Å². The Hall–Kier alpha value is -0.660. The molecule has 6 nitrogen and oxygen atoms in total. The van der Waals surface area contributed by atoms with Gasteiger partial charge in [0.25, 0.3) is 10.2 Å². The lowest BCUT2D eigenvalue weighted by atomic mass is 10.1. The third-order valence-electron chi connectivity index (χ3n) is 3.39. The Morgan fingerprint density at radius 1 is 1.47 bits per heavy atom. The largest absolute Gasteiger partial charge is 0.481 e. The average molecular weight is 264 g/mol. The Labute approximate surface area is 102 Å². The van der Waals surface area contributed by atoms with E-state index in [0.717, 1.165) is 23.6 Å². The van der Waals surface area contributed by atoms with Crippen LogP contribution in [-0.4, -0.2) is 43.9 Å². The van der Waals surface area contributed by atoms with E-state index in [4.69, 9.17) is 5.11 Å². The molecule has 1 aliphatic rings. The summed E-state index contributed by atoms with van der Waals surface area (Å²) in [7, 11) is -2.15.